The Hall–Kier alpha value is -1.10. The molecule has 0 bridgehead atoms. The lowest BCUT2D eigenvalue weighted by Crippen LogP contribution is -2.44. The van der Waals surface area contributed by atoms with Gasteiger partial charge in [-0.1, -0.05) is 12.8 Å². The minimum atomic E-state index is -0.730. The standard InChI is InChI=1S/C10H18N2O3/c1-8(13)11-6-9(14)12-7-10(15)4-2-3-5-10/h15H,2-7H2,1H3,(H,11,13)(H,12,14). The third-order valence-corrected chi connectivity index (χ3v) is 2.65. The molecule has 1 rings (SSSR count). The second kappa shape index (κ2) is 5.11. The van der Waals surface area contributed by atoms with Crippen molar-refractivity contribution in [1.29, 1.82) is 0 Å². The number of amides is 2. The van der Waals surface area contributed by atoms with Gasteiger partial charge in [0.25, 0.3) is 0 Å². The summed E-state index contributed by atoms with van der Waals surface area (Å²) in [6.07, 6.45) is 3.51. The molecule has 86 valence electrons. The van der Waals surface area contributed by atoms with E-state index in [1.165, 1.54) is 6.92 Å². The van der Waals surface area contributed by atoms with Crippen LogP contribution in [-0.2, 0) is 9.59 Å². The first kappa shape index (κ1) is 12.0. The molecule has 2 amide bonds. The fraction of sp³-hybridized carbons (Fsp3) is 0.800. The van der Waals surface area contributed by atoms with Gasteiger partial charge in [0.2, 0.25) is 11.8 Å². The molecule has 0 aromatic heterocycles. The zero-order chi connectivity index (χ0) is 11.3. The second-order valence-electron chi connectivity index (χ2n) is 4.12. The SMILES string of the molecule is CC(=O)NCC(=O)NCC1(O)CCCC1. The third-order valence-electron chi connectivity index (χ3n) is 2.65. The van der Waals surface area contributed by atoms with E-state index in [9.17, 15) is 14.7 Å². The molecule has 0 aromatic carbocycles. The Morgan fingerprint density at radius 3 is 2.40 bits per heavy atom. The summed E-state index contributed by atoms with van der Waals surface area (Å²) in [5, 5.41) is 14.9. The Labute approximate surface area is 89.2 Å². The molecule has 0 aliphatic heterocycles. The van der Waals surface area contributed by atoms with Gasteiger partial charge in [0.1, 0.15) is 0 Å². The highest BCUT2D eigenvalue weighted by atomic mass is 16.3. The second-order valence-corrected chi connectivity index (χ2v) is 4.12. The molecule has 0 radical (unpaired) electrons. The van der Waals surface area contributed by atoms with Crippen molar-refractivity contribution < 1.29 is 14.7 Å². The molecule has 1 aliphatic rings. The fourth-order valence-corrected chi connectivity index (χ4v) is 1.74. The van der Waals surface area contributed by atoms with Crippen LogP contribution in [0.25, 0.3) is 0 Å². The monoisotopic (exact) mass is 214 g/mol. The highest BCUT2D eigenvalue weighted by Crippen LogP contribution is 2.28. The summed E-state index contributed by atoms with van der Waals surface area (Å²) in [6, 6.07) is 0. The highest BCUT2D eigenvalue weighted by molar-refractivity contribution is 5.83. The minimum absolute atomic E-state index is 0.0224. The summed E-state index contributed by atoms with van der Waals surface area (Å²) in [4.78, 5) is 21.7. The molecule has 15 heavy (non-hydrogen) atoms. The van der Waals surface area contributed by atoms with E-state index in [-0.39, 0.29) is 24.9 Å². The summed E-state index contributed by atoms with van der Waals surface area (Å²) < 4.78 is 0. The van der Waals surface area contributed by atoms with Crippen molar-refractivity contribution >= 4 is 11.8 Å². The number of aliphatic hydroxyl groups is 1. The molecular weight excluding hydrogens is 196 g/mol. The van der Waals surface area contributed by atoms with Gasteiger partial charge >= 0.3 is 0 Å². The largest absolute Gasteiger partial charge is 0.388 e. The first-order chi connectivity index (χ1) is 7.02. The van der Waals surface area contributed by atoms with Gasteiger partial charge in [-0.15, -0.1) is 0 Å². The molecule has 1 saturated carbocycles. The Morgan fingerprint density at radius 2 is 1.87 bits per heavy atom. The lowest BCUT2D eigenvalue weighted by Gasteiger charge is -2.22. The van der Waals surface area contributed by atoms with Crippen molar-refractivity contribution in [3.63, 3.8) is 0 Å². The number of hydrogen-bond donors (Lipinski definition) is 3. The Kier molecular flexibility index (Phi) is 4.08. The number of carbonyl (C=O) groups excluding carboxylic acids is 2. The smallest absolute Gasteiger partial charge is 0.239 e. The van der Waals surface area contributed by atoms with Crippen LogP contribution >= 0.6 is 0 Å². The molecular formula is C10H18N2O3. The summed E-state index contributed by atoms with van der Waals surface area (Å²) in [5.74, 6) is -0.491. The molecule has 1 fully saturated rings. The quantitative estimate of drug-likeness (QED) is 0.592. The Bertz CT molecular complexity index is 247. The van der Waals surface area contributed by atoms with E-state index in [1.54, 1.807) is 0 Å². The lowest BCUT2D eigenvalue weighted by molar-refractivity contribution is -0.125. The molecule has 5 heteroatoms. The van der Waals surface area contributed by atoms with E-state index in [1.807, 2.05) is 0 Å². The maximum absolute atomic E-state index is 11.2. The number of hydrogen-bond acceptors (Lipinski definition) is 3. The average molecular weight is 214 g/mol. The van der Waals surface area contributed by atoms with Gasteiger partial charge in [-0.2, -0.15) is 0 Å². The zero-order valence-corrected chi connectivity index (χ0v) is 9.01. The normalized spacial score (nSPS) is 18.5. The number of rotatable bonds is 4. The van der Waals surface area contributed by atoms with Crippen LogP contribution in [0.4, 0.5) is 0 Å². The molecule has 1 aliphatic carbocycles. The van der Waals surface area contributed by atoms with Crippen LogP contribution in [0.5, 0.6) is 0 Å². The van der Waals surface area contributed by atoms with Gasteiger partial charge < -0.3 is 15.7 Å². The minimum Gasteiger partial charge on any atom is -0.388 e. The molecule has 0 saturated heterocycles. The van der Waals surface area contributed by atoms with Gasteiger partial charge in [-0.05, 0) is 12.8 Å². The molecule has 0 atom stereocenters. The Morgan fingerprint density at radius 1 is 1.27 bits per heavy atom. The predicted molar refractivity (Wildman–Crippen MR) is 55.1 cm³/mol. The highest BCUT2D eigenvalue weighted by Gasteiger charge is 2.31. The first-order valence-corrected chi connectivity index (χ1v) is 5.25. The van der Waals surface area contributed by atoms with Gasteiger partial charge in [0, 0.05) is 13.5 Å². The van der Waals surface area contributed by atoms with Crippen molar-refractivity contribution in [3.05, 3.63) is 0 Å². The van der Waals surface area contributed by atoms with Gasteiger partial charge in [-0.3, -0.25) is 9.59 Å². The summed E-state index contributed by atoms with van der Waals surface area (Å²) in [5.41, 5.74) is -0.730. The van der Waals surface area contributed by atoms with Crippen molar-refractivity contribution in [2.24, 2.45) is 0 Å². The van der Waals surface area contributed by atoms with Crippen molar-refractivity contribution in [2.75, 3.05) is 13.1 Å². The Balaban J connectivity index is 2.18. The van der Waals surface area contributed by atoms with E-state index in [0.29, 0.717) is 0 Å². The van der Waals surface area contributed by atoms with E-state index >= 15 is 0 Å². The van der Waals surface area contributed by atoms with E-state index in [4.69, 9.17) is 0 Å². The van der Waals surface area contributed by atoms with Gasteiger partial charge in [-0.25, -0.2) is 0 Å². The summed E-state index contributed by atoms with van der Waals surface area (Å²) in [7, 11) is 0. The molecule has 0 unspecified atom stereocenters. The molecule has 0 aromatic rings. The van der Waals surface area contributed by atoms with Crippen molar-refractivity contribution in [3.8, 4) is 0 Å². The fourth-order valence-electron chi connectivity index (χ4n) is 1.74. The number of carbonyl (C=O) groups is 2. The molecule has 0 heterocycles. The average Bonchev–Trinajstić information content (AvgIpc) is 2.60. The van der Waals surface area contributed by atoms with E-state index in [0.717, 1.165) is 25.7 Å². The van der Waals surface area contributed by atoms with Crippen molar-refractivity contribution in [1.82, 2.24) is 10.6 Å². The van der Waals surface area contributed by atoms with Crippen LogP contribution in [0.15, 0.2) is 0 Å². The van der Waals surface area contributed by atoms with Gasteiger partial charge in [0.05, 0.1) is 12.1 Å². The van der Waals surface area contributed by atoms with Crippen LogP contribution < -0.4 is 10.6 Å². The summed E-state index contributed by atoms with van der Waals surface area (Å²) in [6.45, 7) is 1.62. The van der Waals surface area contributed by atoms with Crippen molar-refractivity contribution in [2.45, 2.75) is 38.2 Å². The number of nitrogens with one attached hydrogen (secondary N) is 2. The van der Waals surface area contributed by atoms with Crippen LogP contribution in [0.3, 0.4) is 0 Å². The molecule has 3 N–H and O–H groups in total. The first-order valence-electron chi connectivity index (χ1n) is 5.25. The molecule has 5 nitrogen and oxygen atoms in total. The van der Waals surface area contributed by atoms with Gasteiger partial charge in [0.15, 0.2) is 0 Å². The molecule has 0 spiro atoms. The van der Waals surface area contributed by atoms with Crippen LogP contribution in [-0.4, -0.2) is 35.6 Å². The summed E-state index contributed by atoms with van der Waals surface area (Å²) >= 11 is 0. The maximum atomic E-state index is 11.2. The lowest BCUT2D eigenvalue weighted by atomic mass is 10.0. The van der Waals surface area contributed by atoms with Crippen LogP contribution in [0, 0.1) is 0 Å². The zero-order valence-electron chi connectivity index (χ0n) is 9.01. The van der Waals surface area contributed by atoms with Crippen LogP contribution in [0.1, 0.15) is 32.6 Å². The topological polar surface area (TPSA) is 78.4 Å². The predicted octanol–water partition coefficient (Wildman–Crippen LogP) is -0.456. The van der Waals surface area contributed by atoms with E-state index in [2.05, 4.69) is 10.6 Å². The maximum Gasteiger partial charge on any atom is 0.239 e. The van der Waals surface area contributed by atoms with Crippen LogP contribution in [0.2, 0.25) is 0 Å². The van der Waals surface area contributed by atoms with E-state index < -0.39 is 5.60 Å². The third kappa shape index (κ3) is 4.29.